The molecule has 3 aromatic rings. The maximum atomic E-state index is 12.4. The van der Waals surface area contributed by atoms with E-state index in [4.69, 9.17) is 5.11 Å². The number of nitrogens with one attached hydrogen (secondary N) is 1. The van der Waals surface area contributed by atoms with Crippen molar-refractivity contribution in [3.63, 3.8) is 0 Å². The predicted octanol–water partition coefficient (Wildman–Crippen LogP) is 1.53. The van der Waals surface area contributed by atoms with E-state index in [1.54, 1.807) is 21.4 Å². The minimum atomic E-state index is -4.66. The first-order chi connectivity index (χ1) is 14.5. The molecule has 166 valence electrons. The Balaban J connectivity index is 1.64. The SMILES string of the molecule is O=C(O)c1cn(Cc2cn3cc(C4CC4)cc(CS(=O)(=O)NCC(F)(F)F)c3n2)nn1. The Bertz CT molecular complexity index is 1250. The molecule has 1 aliphatic carbocycles. The molecule has 1 aliphatic rings. The van der Waals surface area contributed by atoms with Gasteiger partial charge in [0.25, 0.3) is 0 Å². The number of alkyl halides is 3. The van der Waals surface area contributed by atoms with Crippen LogP contribution in [-0.4, -0.2) is 56.6 Å². The summed E-state index contributed by atoms with van der Waals surface area (Å²) in [7, 11) is -4.25. The van der Waals surface area contributed by atoms with Crippen LogP contribution in [0.15, 0.2) is 24.7 Å². The monoisotopic (exact) mass is 458 g/mol. The van der Waals surface area contributed by atoms with Crippen molar-refractivity contribution in [3.05, 3.63) is 47.2 Å². The summed E-state index contributed by atoms with van der Waals surface area (Å²) >= 11 is 0. The quantitative estimate of drug-likeness (QED) is 0.523. The summed E-state index contributed by atoms with van der Waals surface area (Å²) in [4.78, 5) is 15.3. The third kappa shape index (κ3) is 5.19. The van der Waals surface area contributed by atoms with Gasteiger partial charge in [0, 0.05) is 18.0 Å². The van der Waals surface area contributed by atoms with Gasteiger partial charge in [-0.25, -0.2) is 27.6 Å². The Kier molecular flexibility index (Phi) is 5.21. The van der Waals surface area contributed by atoms with Crippen LogP contribution in [0.2, 0.25) is 0 Å². The Hall–Kier alpha value is -3.00. The molecule has 3 aromatic heterocycles. The number of rotatable bonds is 8. The lowest BCUT2D eigenvalue weighted by Gasteiger charge is -2.11. The van der Waals surface area contributed by atoms with Crippen molar-refractivity contribution in [2.24, 2.45) is 0 Å². The van der Waals surface area contributed by atoms with Crippen molar-refractivity contribution in [1.29, 1.82) is 0 Å². The normalized spacial score (nSPS) is 14.9. The number of aromatic carboxylic acids is 1. The fraction of sp³-hybridized carbons (Fsp3) is 0.412. The van der Waals surface area contributed by atoms with E-state index < -0.39 is 34.5 Å². The molecule has 0 bridgehead atoms. The first kappa shape index (κ1) is 21.2. The molecule has 1 saturated carbocycles. The molecule has 14 heteroatoms. The lowest BCUT2D eigenvalue weighted by Crippen LogP contribution is -2.34. The van der Waals surface area contributed by atoms with E-state index in [-0.39, 0.29) is 29.4 Å². The van der Waals surface area contributed by atoms with Crippen molar-refractivity contribution in [2.75, 3.05) is 6.54 Å². The van der Waals surface area contributed by atoms with Crippen molar-refractivity contribution in [2.45, 2.75) is 37.2 Å². The molecule has 0 aromatic carbocycles. The van der Waals surface area contributed by atoms with Crippen LogP contribution >= 0.6 is 0 Å². The number of aromatic nitrogens is 5. The zero-order valence-corrected chi connectivity index (χ0v) is 16.7. The molecule has 2 N–H and O–H groups in total. The third-order valence-electron chi connectivity index (χ3n) is 4.67. The number of fused-ring (bicyclic) bond motifs is 1. The van der Waals surface area contributed by atoms with Gasteiger partial charge in [0.1, 0.15) is 12.2 Å². The van der Waals surface area contributed by atoms with Crippen LogP contribution in [-0.2, 0) is 22.3 Å². The van der Waals surface area contributed by atoms with Crippen molar-refractivity contribution < 1.29 is 31.5 Å². The van der Waals surface area contributed by atoms with Gasteiger partial charge in [0.05, 0.1) is 24.2 Å². The molecule has 0 saturated heterocycles. The van der Waals surface area contributed by atoms with Gasteiger partial charge >= 0.3 is 12.1 Å². The second kappa shape index (κ2) is 7.60. The van der Waals surface area contributed by atoms with Crippen LogP contribution in [0, 0.1) is 0 Å². The summed E-state index contributed by atoms with van der Waals surface area (Å²) in [6.45, 7) is -1.56. The molecular formula is C17H17F3N6O4S. The van der Waals surface area contributed by atoms with Gasteiger partial charge in [-0.2, -0.15) is 13.2 Å². The van der Waals surface area contributed by atoms with E-state index in [2.05, 4.69) is 15.3 Å². The second-order valence-electron chi connectivity index (χ2n) is 7.34. The summed E-state index contributed by atoms with van der Waals surface area (Å²) in [5, 5.41) is 16.2. The van der Waals surface area contributed by atoms with E-state index in [1.807, 2.05) is 6.20 Å². The first-order valence-corrected chi connectivity index (χ1v) is 10.8. The van der Waals surface area contributed by atoms with E-state index in [0.29, 0.717) is 5.69 Å². The number of carboxylic acid groups (broad SMARTS) is 1. The highest BCUT2D eigenvalue weighted by atomic mass is 32.2. The fourth-order valence-electron chi connectivity index (χ4n) is 3.15. The van der Waals surface area contributed by atoms with Gasteiger partial charge in [-0.05, 0) is 30.4 Å². The van der Waals surface area contributed by atoms with Gasteiger partial charge in [0.15, 0.2) is 5.69 Å². The second-order valence-corrected chi connectivity index (χ2v) is 9.14. The van der Waals surface area contributed by atoms with E-state index in [9.17, 15) is 26.4 Å². The van der Waals surface area contributed by atoms with Crippen LogP contribution in [0.4, 0.5) is 13.2 Å². The molecule has 10 nitrogen and oxygen atoms in total. The van der Waals surface area contributed by atoms with Crippen molar-refractivity contribution in [3.8, 4) is 0 Å². The highest BCUT2D eigenvalue weighted by Gasteiger charge is 2.30. The van der Waals surface area contributed by atoms with Crippen LogP contribution in [0.1, 0.15) is 46.1 Å². The molecule has 3 heterocycles. The molecule has 4 rings (SSSR count). The number of imidazole rings is 1. The lowest BCUT2D eigenvalue weighted by atomic mass is 10.1. The van der Waals surface area contributed by atoms with Crippen molar-refractivity contribution >= 4 is 21.6 Å². The van der Waals surface area contributed by atoms with Crippen LogP contribution in [0.5, 0.6) is 0 Å². The number of nitrogens with zero attached hydrogens (tertiary/aromatic N) is 5. The maximum absolute atomic E-state index is 12.4. The van der Waals surface area contributed by atoms with Crippen molar-refractivity contribution in [1.82, 2.24) is 29.1 Å². The topological polar surface area (TPSA) is 131 Å². The summed E-state index contributed by atoms with van der Waals surface area (Å²) < 4.78 is 66.2. The Morgan fingerprint density at radius 2 is 2.00 bits per heavy atom. The predicted molar refractivity (Wildman–Crippen MR) is 99.9 cm³/mol. The average molecular weight is 458 g/mol. The fourth-order valence-corrected chi connectivity index (χ4v) is 4.26. The van der Waals surface area contributed by atoms with Gasteiger partial charge in [-0.3, -0.25) is 0 Å². The van der Waals surface area contributed by atoms with E-state index in [0.717, 1.165) is 18.4 Å². The van der Waals surface area contributed by atoms with Crippen LogP contribution in [0.25, 0.3) is 5.65 Å². The van der Waals surface area contributed by atoms with Gasteiger partial charge in [0.2, 0.25) is 10.0 Å². The summed E-state index contributed by atoms with van der Waals surface area (Å²) in [6.07, 6.45) is 1.92. The number of pyridine rings is 1. The average Bonchev–Trinajstić information content (AvgIpc) is 3.26. The first-order valence-electron chi connectivity index (χ1n) is 9.17. The number of carbonyl (C=O) groups is 1. The smallest absolute Gasteiger partial charge is 0.402 e. The summed E-state index contributed by atoms with van der Waals surface area (Å²) in [5.41, 5.74) is 1.66. The molecule has 0 amide bonds. The van der Waals surface area contributed by atoms with Crippen LogP contribution < -0.4 is 4.72 Å². The minimum Gasteiger partial charge on any atom is -0.476 e. The Morgan fingerprint density at radius 3 is 2.61 bits per heavy atom. The molecule has 0 aliphatic heterocycles. The minimum absolute atomic E-state index is 0.0826. The van der Waals surface area contributed by atoms with Gasteiger partial charge in [-0.1, -0.05) is 5.21 Å². The number of carboxylic acids is 1. The molecule has 0 atom stereocenters. The number of hydrogen-bond acceptors (Lipinski definition) is 6. The number of halogens is 3. The third-order valence-corrected chi connectivity index (χ3v) is 5.94. The molecule has 0 radical (unpaired) electrons. The molecular weight excluding hydrogens is 441 g/mol. The number of hydrogen-bond donors (Lipinski definition) is 2. The van der Waals surface area contributed by atoms with E-state index >= 15 is 0 Å². The largest absolute Gasteiger partial charge is 0.476 e. The summed E-state index contributed by atoms with van der Waals surface area (Å²) in [5.74, 6) is -1.61. The Morgan fingerprint density at radius 1 is 1.26 bits per heavy atom. The zero-order chi connectivity index (χ0) is 22.4. The molecule has 0 spiro atoms. The highest BCUT2D eigenvalue weighted by Crippen LogP contribution is 2.40. The Labute approximate surface area is 173 Å². The molecule has 1 fully saturated rings. The van der Waals surface area contributed by atoms with Gasteiger partial charge in [-0.15, -0.1) is 5.10 Å². The molecule has 0 unspecified atom stereocenters. The van der Waals surface area contributed by atoms with E-state index in [1.165, 1.54) is 10.9 Å². The highest BCUT2D eigenvalue weighted by molar-refractivity contribution is 7.88. The standard InChI is InChI=1S/C17H17F3N6O4S/c18-17(19,20)9-21-31(29,30)8-12-3-11(10-1-2-10)4-25-5-13(22-15(12)25)6-26-7-14(16(27)28)23-24-26/h3-5,7,10,21H,1-2,6,8-9H2,(H,27,28). The van der Waals surface area contributed by atoms with Gasteiger partial charge < -0.3 is 9.51 Å². The number of sulfonamides is 1. The summed E-state index contributed by atoms with van der Waals surface area (Å²) in [6, 6.07) is 1.66. The molecule has 31 heavy (non-hydrogen) atoms. The zero-order valence-electron chi connectivity index (χ0n) is 15.9. The lowest BCUT2D eigenvalue weighted by molar-refractivity contribution is -0.121. The maximum Gasteiger partial charge on any atom is 0.402 e. The van der Waals surface area contributed by atoms with Crippen LogP contribution in [0.3, 0.4) is 0 Å².